The van der Waals surface area contributed by atoms with Gasteiger partial charge in [-0.15, -0.1) is 0 Å². The maximum atomic E-state index is 7.15. The molecule has 0 bridgehead atoms. The van der Waals surface area contributed by atoms with E-state index in [2.05, 4.69) is 211 Å². The highest BCUT2D eigenvalue weighted by molar-refractivity contribution is 6.25. The average Bonchev–Trinajstić information content (AvgIpc) is 3.90. The predicted octanol–water partition coefficient (Wildman–Crippen LogP) is 15.6. The highest BCUT2D eigenvalue weighted by Gasteiger charge is 2.26. The molecule has 64 heavy (non-hydrogen) atoms. The van der Waals surface area contributed by atoms with Crippen LogP contribution >= 0.6 is 0 Å². The van der Waals surface area contributed by atoms with Crippen LogP contribution in [0, 0.1) is 0 Å². The zero-order chi connectivity index (χ0) is 41.9. The van der Waals surface area contributed by atoms with E-state index in [9.17, 15) is 0 Å². The van der Waals surface area contributed by atoms with Crippen LogP contribution in [-0.2, 0) is 0 Å². The number of rotatable bonds is 4. The molecule has 0 amide bonds. The fourth-order valence-electron chi connectivity index (χ4n) is 10.2. The van der Waals surface area contributed by atoms with Crippen LogP contribution in [0.4, 0.5) is 0 Å². The van der Waals surface area contributed by atoms with Crippen LogP contribution in [0.2, 0.25) is 0 Å². The number of furan rings is 1. The lowest BCUT2D eigenvalue weighted by Crippen LogP contribution is -2.04. The van der Waals surface area contributed by atoms with Gasteiger partial charge in [-0.2, -0.15) is 0 Å². The van der Waals surface area contributed by atoms with Crippen LogP contribution in [0.25, 0.3) is 137 Å². The minimum Gasteiger partial charge on any atom is -0.455 e. The van der Waals surface area contributed by atoms with Gasteiger partial charge < -0.3 is 8.98 Å². The van der Waals surface area contributed by atoms with Crippen molar-refractivity contribution in [2.75, 3.05) is 0 Å². The summed E-state index contributed by atoms with van der Waals surface area (Å²) in [7, 11) is 0. The SMILES string of the molecule is c1ccc2cc(-c3nc(-c4cccc5ccccc45)nc(-c4c(-n5c6cc7ccccc7cc6c6c7ccccc7ccc65)ccc5c4oc4ccc6ccccc6c45)n3)ccc2c1. The van der Waals surface area contributed by atoms with E-state index >= 15 is 0 Å². The Labute approximate surface area is 366 Å². The Hall–Kier alpha value is -8.67. The van der Waals surface area contributed by atoms with Gasteiger partial charge in [-0.25, -0.2) is 15.0 Å². The lowest BCUT2D eigenvalue weighted by Gasteiger charge is -2.16. The molecule has 5 heteroatoms. The maximum absolute atomic E-state index is 7.15. The molecule has 296 valence electrons. The Morgan fingerprint density at radius 3 is 1.70 bits per heavy atom. The van der Waals surface area contributed by atoms with Gasteiger partial charge in [0.15, 0.2) is 17.5 Å². The highest BCUT2D eigenvalue weighted by Crippen LogP contribution is 2.46. The molecular formula is C59H34N4O. The van der Waals surface area contributed by atoms with Crippen LogP contribution in [0.3, 0.4) is 0 Å². The van der Waals surface area contributed by atoms with E-state index in [0.29, 0.717) is 17.5 Å². The van der Waals surface area contributed by atoms with Gasteiger partial charge in [0.1, 0.15) is 11.2 Å². The molecule has 0 atom stereocenters. The van der Waals surface area contributed by atoms with E-state index in [1.807, 2.05) is 0 Å². The van der Waals surface area contributed by atoms with Crippen LogP contribution in [0.5, 0.6) is 0 Å². The smallest absolute Gasteiger partial charge is 0.170 e. The first kappa shape index (κ1) is 35.0. The van der Waals surface area contributed by atoms with Crippen LogP contribution < -0.4 is 0 Å². The second-order valence-electron chi connectivity index (χ2n) is 16.7. The van der Waals surface area contributed by atoms with Gasteiger partial charge in [0.2, 0.25) is 0 Å². The summed E-state index contributed by atoms with van der Waals surface area (Å²) in [4.78, 5) is 16.4. The number of hydrogen-bond acceptors (Lipinski definition) is 4. The summed E-state index contributed by atoms with van der Waals surface area (Å²) in [6.07, 6.45) is 0. The lowest BCUT2D eigenvalue weighted by molar-refractivity contribution is 0.669. The highest BCUT2D eigenvalue weighted by atomic mass is 16.3. The van der Waals surface area contributed by atoms with Crippen LogP contribution in [-0.4, -0.2) is 19.5 Å². The lowest BCUT2D eigenvalue weighted by atomic mass is 10.0. The van der Waals surface area contributed by atoms with Crippen molar-refractivity contribution in [3.8, 4) is 39.9 Å². The molecule has 0 spiro atoms. The third kappa shape index (κ3) is 5.15. The summed E-state index contributed by atoms with van der Waals surface area (Å²) in [6.45, 7) is 0. The normalized spacial score (nSPS) is 12.1. The molecule has 0 aliphatic carbocycles. The second kappa shape index (κ2) is 13.4. The van der Waals surface area contributed by atoms with Gasteiger partial charge >= 0.3 is 0 Å². The molecule has 0 unspecified atom stereocenters. The summed E-state index contributed by atoms with van der Waals surface area (Å²) in [6, 6.07) is 73.3. The first-order chi connectivity index (χ1) is 31.7. The van der Waals surface area contributed by atoms with Gasteiger partial charge in [-0.3, -0.25) is 0 Å². The van der Waals surface area contributed by atoms with E-state index in [0.717, 1.165) is 93.1 Å². The Bertz CT molecular complexity index is 4270. The average molecular weight is 815 g/mol. The van der Waals surface area contributed by atoms with Gasteiger partial charge in [-0.05, 0) is 96.3 Å². The molecule has 0 aliphatic heterocycles. The molecule has 5 nitrogen and oxygen atoms in total. The van der Waals surface area contributed by atoms with E-state index in [4.69, 9.17) is 19.4 Å². The maximum Gasteiger partial charge on any atom is 0.170 e. The summed E-state index contributed by atoms with van der Waals surface area (Å²) < 4.78 is 9.56. The van der Waals surface area contributed by atoms with Crippen LogP contribution in [0.15, 0.2) is 211 Å². The standard InChI is InChI=1S/C59H34N4O/c1-2-16-39-32-42(25-24-35(39)12-1)57-60-58(46-23-11-19-36-13-5-8-20-43(36)46)62-59(61-57)55-50(30-28-47-54-45-22-10-7-15-38(45)27-31-52(54)64-56(47)55)63-49-29-26-37-14-6-9-21-44(37)53(49)48-33-40-17-3-4-18-41(40)34-51(48)63/h1-34H. The molecule has 14 aromatic rings. The first-order valence-electron chi connectivity index (χ1n) is 21.7. The van der Waals surface area contributed by atoms with Crippen molar-refractivity contribution >= 4 is 97.6 Å². The Kier molecular flexibility index (Phi) is 7.33. The largest absolute Gasteiger partial charge is 0.455 e. The number of hydrogen-bond donors (Lipinski definition) is 0. The zero-order valence-electron chi connectivity index (χ0n) is 34.3. The summed E-state index contributed by atoms with van der Waals surface area (Å²) in [5.74, 6) is 1.71. The van der Waals surface area contributed by atoms with Crippen molar-refractivity contribution < 1.29 is 4.42 Å². The van der Waals surface area contributed by atoms with Crippen molar-refractivity contribution in [1.82, 2.24) is 19.5 Å². The van der Waals surface area contributed by atoms with Gasteiger partial charge in [0.05, 0.1) is 22.3 Å². The number of fused-ring (bicyclic) bond motifs is 13. The topological polar surface area (TPSA) is 56.7 Å². The fourth-order valence-corrected chi connectivity index (χ4v) is 10.2. The molecule has 11 aromatic carbocycles. The zero-order valence-corrected chi connectivity index (χ0v) is 34.3. The van der Waals surface area contributed by atoms with Crippen molar-refractivity contribution in [2.24, 2.45) is 0 Å². The third-order valence-electron chi connectivity index (χ3n) is 13.2. The molecule has 0 saturated carbocycles. The van der Waals surface area contributed by atoms with Crippen molar-refractivity contribution in [3.63, 3.8) is 0 Å². The minimum atomic E-state index is 0.529. The van der Waals surface area contributed by atoms with Crippen molar-refractivity contribution in [2.45, 2.75) is 0 Å². The number of benzene rings is 11. The summed E-state index contributed by atoms with van der Waals surface area (Å²) >= 11 is 0. The summed E-state index contributed by atoms with van der Waals surface area (Å²) in [5.41, 5.74) is 7.26. The molecule has 0 N–H and O–H groups in total. The van der Waals surface area contributed by atoms with Gasteiger partial charge in [0.25, 0.3) is 0 Å². The molecule has 0 aliphatic rings. The molecule has 3 heterocycles. The predicted molar refractivity (Wildman–Crippen MR) is 265 cm³/mol. The van der Waals surface area contributed by atoms with Crippen molar-refractivity contribution in [3.05, 3.63) is 206 Å². The molecule has 3 aromatic heterocycles. The third-order valence-corrected chi connectivity index (χ3v) is 13.2. The minimum absolute atomic E-state index is 0.529. The Balaban J connectivity index is 1.16. The molecular weight excluding hydrogens is 781 g/mol. The van der Waals surface area contributed by atoms with E-state index < -0.39 is 0 Å². The molecule has 0 saturated heterocycles. The van der Waals surface area contributed by atoms with Gasteiger partial charge in [-0.1, -0.05) is 164 Å². The van der Waals surface area contributed by atoms with E-state index in [1.165, 1.54) is 26.9 Å². The van der Waals surface area contributed by atoms with Gasteiger partial charge in [0, 0.05) is 32.7 Å². The molecule has 14 rings (SSSR count). The van der Waals surface area contributed by atoms with E-state index in [1.54, 1.807) is 0 Å². The van der Waals surface area contributed by atoms with E-state index in [-0.39, 0.29) is 0 Å². The Morgan fingerprint density at radius 2 is 0.922 bits per heavy atom. The number of nitrogens with zero attached hydrogens (tertiary/aromatic N) is 4. The fraction of sp³-hybridized carbons (Fsp3) is 0. The number of aromatic nitrogens is 4. The molecule has 0 fully saturated rings. The van der Waals surface area contributed by atoms with Crippen LogP contribution in [0.1, 0.15) is 0 Å². The summed E-state index contributed by atoms with van der Waals surface area (Å²) in [5, 5.41) is 15.9. The first-order valence-corrected chi connectivity index (χ1v) is 21.7. The van der Waals surface area contributed by atoms with Crippen molar-refractivity contribution in [1.29, 1.82) is 0 Å². The monoisotopic (exact) mass is 814 g/mol. The second-order valence-corrected chi connectivity index (χ2v) is 16.7. The molecule has 0 radical (unpaired) electrons. The Morgan fingerprint density at radius 1 is 0.344 bits per heavy atom. The quantitative estimate of drug-likeness (QED) is 0.178.